The van der Waals surface area contributed by atoms with Gasteiger partial charge in [-0.05, 0) is 55.1 Å². The van der Waals surface area contributed by atoms with E-state index < -0.39 is 6.04 Å². The summed E-state index contributed by atoms with van der Waals surface area (Å²) in [7, 11) is 0. The first-order chi connectivity index (χ1) is 16.1. The van der Waals surface area contributed by atoms with Gasteiger partial charge in [0.25, 0.3) is 5.91 Å². The van der Waals surface area contributed by atoms with E-state index in [4.69, 9.17) is 0 Å². The van der Waals surface area contributed by atoms with E-state index >= 15 is 0 Å². The second-order valence-electron chi connectivity index (χ2n) is 9.39. The van der Waals surface area contributed by atoms with Crippen molar-refractivity contribution in [2.24, 2.45) is 0 Å². The number of piperidine rings is 2. The molecule has 2 aromatic rings. The number of nitrogens with zero attached hydrogens (tertiary/aromatic N) is 1. The van der Waals surface area contributed by atoms with Gasteiger partial charge in [0.15, 0.2) is 0 Å². The predicted molar refractivity (Wildman–Crippen MR) is 124 cm³/mol. The van der Waals surface area contributed by atoms with E-state index in [9.17, 15) is 14.4 Å². The van der Waals surface area contributed by atoms with Crippen molar-refractivity contribution in [3.63, 3.8) is 0 Å². The third-order valence-corrected chi connectivity index (χ3v) is 7.33. The Balaban J connectivity index is 1.26. The minimum absolute atomic E-state index is 0.113. The van der Waals surface area contributed by atoms with Crippen LogP contribution in [0, 0.1) is 0 Å². The standard InChI is InChI=1S/C26H30N4O3/c31-23-9-8-22(24(32)29-23)30-16-19-7-6-18(14-21(19)25(30)33)15-28-17-26(10-12-27-13-11-26)20-4-2-1-3-5-20/h1-7,14,22,27-28H,8-13,15-17H2,(H,29,31,32). The molecule has 172 valence electrons. The quantitative estimate of drug-likeness (QED) is 0.590. The lowest BCUT2D eigenvalue weighted by atomic mass is 9.73. The molecule has 2 fully saturated rings. The molecule has 2 aromatic carbocycles. The maximum Gasteiger partial charge on any atom is 0.255 e. The number of carbonyl (C=O) groups excluding carboxylic acids is 3. The van der Waals surface area contributed by atoms with Crippen molar-refractivity contribution in [1.82, 2.24) is 20.9 Å². The molecule has 7 nitrogen and oxygen atoms in total. The highest BCUT2D eigenvalue weighted by atomic mass is 16.2. The molecule has 33 heavy (non-hydrogen) atoms. The number of rotatable bonds is 6. The van der Waals surface area contributed by atoms with Crippen LogP contribution in [0.2, 0.25) is 0 Å². The van der Waals surface area contributed by atoms with Crippen LogP contribution in [0.1, 0.15) is 52.7 Å². The van der Waals surface area contributed by atoms with Crippen LogP contribution in [-0.4, -0.2) is 48.3 Å². The number of hydrogen-bond donors (Lipinski definition) is 3. The van der Waals surface area contributed by atoms with Gasteiger partial charge in [-0.1, -0.05) is 42.5 Å². The summed E-state index contributed by atoms with van der Waals surface area (Å²) in [6, 6.07) is 16.2. The van der Waals surface area contributed by atoms with E-state index in [0.29, 0.717) is 25.1 Å². The van der Waals surface area contributed by atoms with Crippen LogP contribution >= 0.6 is 0 Å². The largest absolute Gasteiger partial charge is 0.322 e. The van der Waals surface area contributed by atoms with Gasteiger partial charge >= 0.3 is 0 Å². The summed E-state index contributed by atoms with van der Waals surface area (Å²) in [5.41, 5.74) is 4.15. The van der Waals surface area contributed by atoms with Gasteiger partial charge in [-0.25, -0.2) is 0 Å². The lowest BCUT2D eigenvalue weighted by Crippen LogP contribution is -2.52. The van der Waals surface area contributed by atoms with E-state index in [2.05, 4.69) is 52.3 Å². The Morgan fingerprint density at radius 1 is 1.03 bits per heavy atom. The Morgan fingerprint density at radius 3 is 2.58 bits per heavy atom. The lowest BCUT2D eigenvalue weighted by Gasteiger charge is -2.38. The van der Waals surface area contributed by atoms with Crippen molar-refractivity contribution in [1.29, 1.82) is 0 Å². The van der Waals surface area contributed by atoms with E-state index in [-0.39, 0.29) is 29.6 Å². The molecule has 1 unspecified atom stereocenters. The second-order valence-corrected chi connectivity index (χ2v) is 9.39. The first-order valence-corrected chi connectivity index (χ1v) is 11.8. The molecule has 0 spiro atoms. The highest BCUT2D eigenvalue weighted by Gasteiger charge is 2.39. The van der Waals surface area contributed by atoms with Crippen molar-refractivity contribution in [2.45, 2.75) is 50.2 Å². The van der Waals surface area contributed by atoms with Gasteiger partial charge in [0.2, 0.25) is 11.8 Å². The van der Waals surface area contributed by atoms with Crippen molar-refractivity contribution in [2.75, 3.05) is 19.6 Å². The molecule has 5 rings (SSSR count). The van der Waals surface area contributed by atoms with Gasteiger partial charge in [0, 0.05) is 37.0 Å². The molecular weight excluding hydrogens is 416 g/mol. The van der Waals surface area contributed by atoms with E-state index in [1.807, 2.05) is 12.1 Å². The van der Waals surface area contributed by atoms with Crippen molar-refractivity contribution >= 4 is 17.7 Å². The smallest absolute Gasteiger partial charge is 0.255 e. The van der Waals surface area contributed by atoms with E-state index in [0.717, 1.165) is 43.6 Å². The summed E-state index contributed by atoms with van der Waals surface area (Å²) in [6.45, 7) is 4.01. The normalized spacial score (nSPS) is 22.2. The van der Waals surface area contributed by atoms with Crippen molar-refractivity contribution in [3.05, 3.63) is 70.8 Å². The van der Waals surface area contributed by atoms with E-state index in [1.54, 1.807) is 4.90 Å². The number of imide groups is 1. The van der Waals surface area contributed by atoms with Gasteiger partial charge in [-0.3, -0.25) is 19.7 Å². The summed E-state index contributed by atoms with van der Waals surface area (Å²) >= 11 is 0. The number of benzene rings is 2. The summed E-state index contributed by atoms with van der Waals surface area (Å²) in [4.78, 5) is 38.4. The van der Waals surface area contributed by atoms with Crippen LogP contribution < -0.4 is 16.0 Å². The zero-order valence-electron chi connectivity index (χ0n) is 18.7. The molecule has 3 aliphatic heterocycles. The SMILES string of the molecule is O=C1CCC(N2Cc3ccc(CNCC4(c5ccccc5)CCNCC4)cc3C2=O)C(=O)N1. The maximum absolute atomic E-state index is 13.1. The molecule has 0 aliphatic carbocycles. The van der Waals surface area contributed by atoms with Crippen molar-refractivity contribution in [3.8, 4) is 0 Å². The Labute approximate surface area is 193 Å². The predicted octanol–water partition coefficient (Wildman–Crippen LogP) is 1.86. The van der Waals surface area contributed by atoms with Crippen LogP contribution in [0.5, 0.6) is 0 Å². The molecule has 3 amide bonds. The molecule has 0 radical (unpaired) electrons. The van der Waals surface area contributed by atoms with Crippen LogP contribution in [0.3, 0.4) is 0 Å². The van der Waals surface area contributed by atoms with Crippen LogP contribution in [0.25, 0.3) is 0 Å². The molecule has 7 heteroatoms. The zero-order valence-corrected chi connectivity index (χ0v) is 18.7. The van der Waals surface area contributed by atoms with Crippen LogP contribution in [0.4, 0.5) is 0 Å². The van der Waals surface area contributed by atoms with Gasteiger partial charge in [-0.2, -0.15) is 0 Å². The highest BCUT2D eigenvalue weighted by molar-refractivity contribution is 6.05. The number of nitrogens with one attached hydrogen (secondary N) is 3. The molecule has 2 saturated heterocycles. The third-order valence-electron chi connectivity index (χ3n) is 7.33. The Morgan fingerprint density at radius 2 is 1.82 bits per heavy atom. The number of fused-ring (bicyclic) bond motifs is 1. The minimum Gasteiger partial charge on any atom is -0.322 e. The molecule has 0 saturated carbocycles. The van der Waals surface area contributed by atoms with Gasteiger partial charge in [0.1, 0.15) is 6.04 Å². The minimum atomic E-state index is -0.574. The molecule has 0 bridgehead atoms. The zero-order chi connectivity index (χ0) is 22.8. The fourth-order valence-electron chi connectivity index (χ4n) is 5.42. The third kappa shape index (κ3) is 4.30. The number of amides is 3. The number of carbonyl (C=O) groups is 3. The second kappa shape index (κ2) is 9.08. The Kier molecular flexibility index (Phi) is 6.00. The Bertz CT molecular complexity index is 1060. The molecule has 3 heterocycles. The summed E-state index contributed by atoms with van der Waals surface area (Å²) in [6.07, 6.45) is 2.83. The van der Waals surface area contributed by atoms with Gasteiger partial charge < -0.3 is 15.5 Å². The van der Waals surface area contributed by atoms with Crippen LogP contribution in [0.15, 0.2) is 48.5 Å². The Hall–Kier alpha value is -3.03. The molecule has 0 aromatic heterocycles. The fraction of sp³-hybridized carbons (Fsp3) is 0.423. The highest BCUT2D eigenvalue weighted by Crippen LogP contribution is 2.33. The number of hydrogen-bond acceptors (Lipinski definition) is 5. The first-order valence-electron chi connectivity index (χ1n) is 11.8. The van der Waals surface area contributed by atoms with Gasteiger partial charge in [-0.15, -0.1) is 0 Å². The average Bonchev–Trinajstić information content (AvgIpc) is 3.16. The molecule has 1 atom stereocenters. The summed E-state index contributed by atoms with van der Waals surface area (Å²) in [5, 5.41) is 9.47. The first kappa shape index (κ1) is 21.8. The molecule has 3 aliphatic rings. The summed E-state index contributed by atoms with van der Waals surface area (Å²) < 4.78 is 0. The maximum atomic E-state index is 13.1. The molecule has 3 N–H and O–H groups in total. The monoisotopic (exact) mass is 446 g/mol. The average molecular weight is 447 g/mol. The van der Waals surface area contributed by atoms with Crippen LogP contribution in [-0.2, 0) is 28.1 Å². The fourth-order valence-corrected chi connectivity index (χ4v) is 5.42. The van der Waals surface area contributed by atoms with Gasteiger partial charge in [0.05, 0.1) is 0 Å². The van der Waals surface area contributed by atoms with E-state index in [1.165, 1.54) is 5.56 Å². The lowest BCUT2D eigenvalue weighted by molar-refractivity contribution is -0.136. The topological polar surface area (TPSA) is 90.5 Å². The van der Waals surface area contributed by atoms with Crippen molar-refractivity contribution < 1.29 is 14.4 Å². The summed E-state index contributed by atoms with van der Waals surface area (Å²) in [5.74, 6) is -0.765. The molecular formula is C26H30N4O3.